The Morgan fingerprint density at radius 2 is 1.62 bits per heavy atom. The molecule has 0 saturated heterocycles. The zero-order valence-corrected chi connectivity index (χ0v) is 25.8. The Morgan fingerprint density at radius 3 is 2.25 bits per heavy atom. The normalized spacial score (nSPS) is 14.5. The number of carbonyl (C=O) groups excluding carboxylic acids is 2. The monoisotopic (exact) mass is 665 g/mol. The van der Waals surface area contributed by atoms with Crippen molar-refractivity contribution >= 4 is 66.7 Å². The molecule has 0 unspecified atom stereocenters. The van der Waals surface area contributed by atoms with Gasteiger partial charge in [0.05, 0.1) is 20.6 Å². The summed E-state index contributed by atoms with van der Waals surface area (Å²) in [5.41, 5.74) is 0.974. The average Bonchev–Trinajstić information content (AvgIpc) is 3.46. The SMILES string of the molecule is C[C@H](C(=O)NC1CCCC1)N(Cc1ccc(Br)cc1)C(=O)CN(c1ccc(Cl)c(Cl)c1)S(=O)(=O)c1ccccc1. The van der Waals surface area contributed by atoms with E-state index in [-0.39, 0.29) is 39.1 Å². The molecule has 212 valence electrons. The maximum atomic E-state index is 14.0. The van der Waals surface area contributed by atoms with Crippen LogP contribution < -0.4 is 9.62 Å². The quantitative estimate of drug-likeness (QED) is 0.270. The number of sulfonamides is 1. The summed E-state index contributed by atoms with van der Waals surface area (Å²) in [7, 11) is -4.18. The summed E-state index contributed by atoms with van der Waals surface area (Å²) in [4.78, 5) is 28.7. The van der Waals surface area contributed by atoms with Crippen LogP contribution in [0.2, 0.25) is 10.0 Å². The molecule has 0 aliphatic heterocycles. The second kappa shape index (κ2) is 13.4. The van der Waals surface area contributed by atoms with E-state index in [0.717, 1.165) is 40.0 Å². The maximum Gasteiger partial charge on any atom is 0.264 e. The highest BCUT2D eigenvalue weighted by molar-refractivity contribution is 9.10. The smallest absolute Gasteiger partial charge is 0.264 e. The van der Waals surface area contributed by atoms with Crippen molar-refractivity contribution in [2.24, 2.45) is 0 Å². The fourth-order valence-corrected chi connectivity index (χ4v) is 6.63. The molecule has 2 amide bonds. The summed E-state index contributed by atoms with van der Waals surface area (Å²) in [5.74, 6) is -0.813. The lowest BCUT2D eigenvalue weighted by molar-refractivity contribution is -0.139. The van der Waals surface area contributed by atoms with Gasteiger partial charge in [-0.3, -0.25) is 13.9 Å². The van der Waals surface area contributed by atoms with Crippen LogP contribution in [0.5, 0.6) is 0 Å². The van der Waals surface area contributed by atoms with Crippen molar-refractivity contribution in [3.8, 4) is 0 Å². The van der Waals surface area contributed by atoms with E-state index in [2.05, 4.69) is 21.2 Å². The highest BCUT2D eigenvalue weighted by Crippen LogP contribution is 2.31. The van der Waals surface area contributed by atoms with Crippen molar-refractivity contribution in [3.05, 3.63) is 92.9 Å². The summed E-state index contributed by atoms with van der Waals surface area (Å²) < 4.78 is 29.5. The van der Waals surface area contributed by atoms with Gasteiger partial charge in [0, 0.05) is 17.1 Å². The molecule has 7 nitrogen and oxygen atoms in total. The van der Waals surface area contributed by atoms with Gasteiger partial charge in [-0.05, 0) is 67.8 Å². The van der Waals surface area contributed by atoms with Crippen LogP contribution >= 0.6 is 39.1 Å². The van der Waals surface area contributed by atoms with Gasteiger partial charge in [0.15, 0.2) is 0 Å². The summed E-state index contributed by atoms with van der Waals surface area (Å²) in [6.07, 6.45) is 3.91. The average molecular weight is 667 g/mol. The molecule has 1 fully saturated rings. The highest BCUT2D eigenvalue weighted by atomic mass is 79.9. The first-order chi connectivity index (χ1) is 19.1. The predicted octanol–water partition coefficient (Wildman–Crippen LogP) is 6.43. The standard InChI is InChI=1S/C29H30BrCl2N3O4S/c1-20(29(37)33-23-7-5-6-8-23)34(18-21-11-13-22(30)14-12-21)28(36)19-35(24-15-16-26(31)27(32)17-24)40(38,39)25-9-3-2-4-10-25/h2-4,9-17,20,23H,5-8,18-19H2,1H3,(H,33,37)/t20-/m1/s1. The molecule has 0 bridgehead atoms. The minimum Gasteiger partial charge on any atom is -0.352 e. The van der Waals surface area contributed by atoms with E-state index in [1.54, 1.807) is 25.1 Å². The molecule has 1 aliphatic carbocycles. The number of anilines is 1. The van der Waals surface area contributed by atoms with E-state index < -0.39 is 28.5 Å². The largest absolute Gasteiger partial charge is 0.352 e. The van der Waals surface area contributed by atoms with Crippen molar-refractivity contribution in [1.29, 1.82) is 0 Å². The number of rotatable bonds is 10. The third-order valence-electron chi connectivity index (χ3n) is 6.94. The number of carbonyl (C=O) groups is 2. The van der Waals surface area contributed by atoms with Gasteiger partial charge in [-0.15, -0.1) is 0 Å². The van der Waals surface area contributed by atoms with Crippen LogP contribution in [0.25, 0.3) is 0 Å². The van der Waals surface area contributed by atoms with Crippen LogP contribution in [-0.2, 0) is 26.2 Å². The van der Waals surface area contributed by atoms with Crippen molar-refractivity contribution in [2.75, 3.05) is 10.8 Å². The molecule has 1 saturated carbocycles. The number of halogens is 3. The Bertz CT molecular complexity index is 1450. The van der Waals surface area contributed by atoms with Gasteiger partial charge in [-0.25, -0.2) is 8.42 Å². The van der Waals surface area contributed by atoms with E-state index in [9.17, 15) is 18.0 Å². The lowest BCUT2D eigenvalue weighted by Gasteiger charge is -2.32. The van der Waals surface area contributed by atoms with E-state index in [4.69, 9.17) is 23.2 Å². The molecule has 1 aliphatic rings. The van der Waals surface area contributed by atoms with Crippen molar-refractivity contribution in [1.82, 2.24) is 10.2 Å². The Morgan fingerprint density at radius 1 is 0.975 bits per heavy atom. The Balaban J connectivity index is 1.69. The van der Waals surface area contributed by atoms with Gasteiger partial charge in [0.2, 0.25) is 11.8 Å². The molecule has 4 rings (SSSR count). The lowest BCUT2D eigenvalue weighted by Crippen LogP contribution is -2.52. The first-order valence-corrected chi connectivity index (χ1v) is 15.9. The minimum absolute atomic E-state index is 0.0142. The molecule has 1 N–H and O–H groups in total. The molecule has 0 spiro atoms. The number of amides is 2. The highest BCUT2D eigenvalue weighted by Gasteiger charge is 2.33. The first kappa shape index (κ1) is 30.4. The van der Waals surface area contributed by atoms with Crippen LogP contribution in [0.3, 0.4) is 0 Å². The van der Waals surface area contributed by atoms with Gasteiger partial charge in [-0.2, -0.15) is 0 Å². The second-order valence-corrected chi connectivity index (χ2v) is 13.3. The molecule has 3 aromatic rings. The number of benzene rings is 3. The van der Waals surface area contributed by atoms with Crippen LogP contribution in [0.1, 0.15) is 38.2 Å². The Labute approximate surface area is 253 Å². The van der Waals surface area contributed by atoms with Gasteiger partial charge < -0.3 is 10.2 Å². The van der Waals surface area contributed by atoms with E-state index in [1.807, 2.05) is 24.3 Å². The van der Waals surface area contributed by atoms with Gasteiger partial charge in [-0.1, -0.05) is 82.3 Å². The van der Waals surface area contributed by atoms with Gasteiger partial charge in [0.25, 0.3) is 10.0 Å². The fourth-order valence-electron chi connectivity index (χ4n) is 4.65. The first-order valence-electron chi connectivity index (χ1n) is 12.9. The summed E-state index contributed by atoms with van der Waals surface area (Å²) >= 11 is 15.8. The zero-order valence-electron chi connectivity index (χ0n) is 21.9. The molecule has 1 atom stereocenters. The summed E-state index contributed by atoms with van der Waals surface area (Å²) in [5, 5.41) is 3.46. The molecule has 0 heterocycles. The number of nitrogens with one attached hydrogen (secondary N) is 1. The summed E-state index contributed by atoms with van der Waals surface area (Å²) in [6, 6.07) is 18.9. The zero-order chi connectivity index (χ0) is 28.9. The number of hydrogen-bond acceptors (Lipinski definition) is 4. The van der Waals surface area contributed by atoms with Crippen LogP contribution in [0, 0.1) is 0 Å². The van der Waals surface area contributed by atoms with Crippen molar-refractivity contribution in [2.45, 2.75) is 56.1 Å². The minimum atomic E-state index is -4.18. The van der Waals surface area contributed by atoms with E-state index in [1.165, 1.54) is 35.2 Å². The molecule has 11 heteroatoms. The summed E-state index contributed by atoms with van der Waals surface area (Å²) in [6.45, 7) is 1.23. The van der Waals surface area contributed by atoms with Crippen molar-refractivity contribution in [3.63, 3.8) is 0 Å². The second-order valence-electron chi connectivity index (χ2n) is 9.74. The lowest BCUT2D eigenvalue weighted by atomic mass is 10.1. The number of hydrogen-bond donors (Lipinski definition) is 1. The Hall–Kier alpha value is -2.59. The molecule has 3 aromatic carbocycles. The number of nitrogens with zero attached hydrogens (tertiary/aromatic N) is 2. The maximum absolute atomic E-state index is 14.0. The van der Waals surface area contributed by atoms with E-state index >= 15 is 0 Å². The van der Waals surface area contributed by atoms with Crippen LogP contribution in [0.4, 0.5) is 5.69 Å². The van der Waals surface area contributed by atoms with Gasteiger partial charge in [0.1, 0.15) is 12.6 Å². The van der Waals surface area contributed by atoms with Crippen LogP contribution in [-0.4, -0.2) is 43.8 Å². The molecular formula is C29H30BrCl2N3O4S. The van der Waals surface area contributed by atoms with Crippen molar-refractivity contribution < 1.29 is 18.0 Å². The molecular weight excluding hydrogens is 637 g/mol. The van der Waals surface area contributed by atoms with E-state index in [0.29, 0.717) is 0 Å². The predicted molar refractivity (Wildman–Crippen MR) is 162 cm³/mol. The van der Waals surface area contributed by atoms with Gasteiger partial charge >= 0.3 is 0 Å². The molecule has 40 heavy (non-hydrogen) atoms. The Kier molecular flexibility index (Phi) is 10.2. The van der Waals surface area contributed by atoms with Crippen LogP contribution in [0.15, 0.2) is 82.2 Å². The fraction of sp³-hybridized carbons (Fsp3) is 0.310. The topological polar surface area (TPSA) is 86.8 Å². The molecule has 0 radical (unpaired) electrons. The third kappa shape index (κ3) is 7.37. The molecule has 0 aromatic heterocycles. The third-order valence-corrected chi connectivity index (χ3v) is 9.99.